The topological polar surface area (TPSA) is 78.9 Å². The minimum atomic E-state index is -4.47. The molecule has 6 nitrogen and oxygen atoms in total. The van der Waals surface area contributed by atoms with E-state index in [0.717, 1.165) is 23.5 Å². The lowest BCUT2D eigenvalue weighted by Crippen LogP contribution is -2.18. The van der Waals surface area contributed by atoms with Gasteiger partial charge >= 0.3 is 6.18 Å². The van der Waals surface area contributed by atoms with Crippen LogP contribution in [0.15, 0.2) is 24.4 Å². The van der Waals surface area contributed by atoms with Crippen LogP contribution in [0.5, 0.6) is 0 Å². The van der Waals surface area contributed by atoms with E-state index in [-0.39, 0.29) is 16.7 Å². The number of nitrogens with one attached hydrogen (secondary N) is 3. The molecule has 0 bridgehead atoms. The van der Waals surface area contributed by atoms with E-state index in [1.54, 1.807) is 6.07 Å². The number of anilines is 2. The second-order valence-corrected chi connectivity index (χ2v) is 6.60. The Hall–Kier alpha value is -2.39. The van der Waals surface area contributed by atoms with Crippen LogP contribution in [-0.4, -0.2) is 29.0 Å². The lowest BCUT2D eigenvalue weighted by atomic mass is 10.2. The van der Waals surface area contributed by atoms with Crippen LogP contribution in [0.25, 0.3) is 0 Å². The van der Waals surface area contributed by atoms with Crippen molar-refractivity contribution in [2.75, 3.05) is 23.7 Å². The number of carbonyl (C=O) groups is 1. The molecule has 0 fully saturated rings. The molecule has 0 spiro atoms. The molecule has 2 rings (SSSR count). The first-order chi connectivity index (χ1) is 13.1. The normalized spacial score (nSPS) is 11.4. The van der Waals surface area contributed by atoms with Gasteiger partial charge in [0, 0.05) is 31.9 Å². The zero-order chi connectivity index (χ0) is 20.7. The van der Waals surface area contributed by atoms with Gasteiger partial charge in [0.05, 0.1) is 10.6 Å². The Labute approximate surface area is 165 Å². The summed E-state index contributed by atoms with van der Waals surface area (Å²) < 4.78 is 37.8. The molecule has 0 unspecified atom stereocenters. The van der Waals surface area contributed by atoms with Gasteiger partial charge in [-0.3, -0.25) is 4.79 Å². The summed E-state index contributed by atoms with van der Waals surface area (Å²) in [4.78, 5) is 19.1. The Morgan fingerprint density at radius 3 is 2.61 bits per heavy atom. The molecule has 10 heteroatoms. The van der Waals surface area contributed by atoms with Crippen molar-refractivity contribution in [2.45, 2.75) is 33.0 Å². The van der Waals surface area contributed by atoms with Gasteiger partial charge in [0.1, 0.15) is 11.6 Å². The van der Waals surface area contributed by atoms with E-state index in [1.807, 2.05) is 13.0 Å². The maximum atomic E-state index is 12.6. The second-order valence-electron chi connectivity index (χ2n) is 6.19. The third-order valence-electron chi connectivity index (χ3n) is 3.64. The van der Waals surface area contributed by atoms with E-state index in [4.69, 9.17) is 11.6 Å². The molecular weight excluding hydrogens is 395 g/mol. The third kappa shape index (κ3) is 6.97. The number of alkyl halides is 3. The Bertz CT molecular complexity index is 829. The summed E-state index contributed by atoms with van der Waals surface area (Å²) in [7, 11) is 0. The average molecular weight is 416 g/mol. The van der Waals surface area contributed by atoms with Crippen molar-refractivity contribution in [3.05, 3.63) is 46.2 Å². The summed E-state index contributed by atoms with van der Waals surface area (Å²) in [5, 5.41) is 8.77. The average Bonchev–Trinajstić information content (AvgIpc) is 2.57. The summed E-state index contributed by atoms with van der Waals surface area (Å²) in [5.74, 6) is 0.548. The van der Waals surface area contributed by atoms with Gasteiger partial charge in [-0.25, -0.2) is 9.97 Å². The van der Waals surface area contributed by atoms with Crippen LogP contribution in [0.4, 0.5) is 24.8 Å². The number of hydrogen-bond acceptors (Lipinski definition) is 5. The standard InChI is InChI=1S/C18H21ClF3N5O/c1-11-6-13(7-16(26-11)27-12(2)28)9-23-4-3-5-24-17-15(19)8-14(10-25-17)18(20,21)22/h6-8,10,23H,3-5,9H2,1-2H3,(H,24,25)(H,26,27,28). The van der Waals surface area contributed by atoms with E-state index in [1.165, 1.54) is 6.92 Å². The van der Waals surface area contributed by atoms with Gasteiger partial charge in [-0.15, -0.1) is 0 Å². The molecule has 0 saturated heterocycles. The quantitative estimate of drug-likeness (QED) is 0.568. The Morgan fingerprint density at radius 2 is 1.96 bits per heavy atom. The second kappa shape index (κ2) is 9.70. The number of hydrogen-bond donors (Lipinski definition) is 3. The lowest BCUT2D eigenvalue weighted by Gasteiger charge is -2.11. The molecule has 0 aliphatic carbocycles. The maximum absolute atomic E-state index is 12.6. The number of rotatable bonds is 8. The van der Waals surface area contributed by atoms with Crippen molar-refractivity contribution >= 4 is 29.1 Å². The summed E-state index contributed by atoms with van der Waals surface area (Å²) in [6.45, 7) is 5.03. The van der Waals surface area contributed by atoms with Crippen LogP contribution in [0, 0.1) is 6.92 Å². The molecule has 0 atom stereocenters. The molecule has 0 radical (unpaired) electrons. The van der Waals surface area contributed by atoms with Gasteiger partial charge in [0.15, 0.2) is 0 Å². The monoisotopic (exact) mass is 415 g/mol. The number of amides is 1. The van der Waals surface area contributed by atoms with Crippen LogP contribution in [0.1, 0.15) is 30.2 Å². The van der Waals surface area contributed by atoms with Gasteiger partial charge in [0.2, 0.25) is 5.91 Å². The largest absolute Gasteiger partial charge is 0.417 e. The number of aromatic nitrogens is 2. The van der Waals surface area contributed by atoms with Crippen molar-refractivity contribution < 1.29 is 18.0 Å². The number of halogens is 4. The first-order valence-electron chi connectivity index (χ1n) is 8.57. The van der Waals surface area contributed by atoms with E-state index in [9.17, 15) is 18.0 Å². The van der Waals surface area contributed by atoms with Crippen LogP contribution < -0.4 is 16.0 Å². The lowest BCUT2D eigenvalue weighted by molar-refractivity contribution is -0.137. The van der Waals surface area contributed by atoms with Crippen molar-refractivity contribution in [3.63, 3.8) is 0 Å². The molecule has 3 N–H and O–H groups in total. The van der Waals surface area contributed by atoms with Crippen LogP contribution in [0.2, 0.25) is 5.02 Å². The Morgan fingerprint density at radius 1 is 1.21 bits per heavy atom. The molecule has 0 aliphatic heterocycles. The van der Waals surface area contributed by atoms with Gasteiger partial charge in [-0.05, 0) is 43.7 Å². The maximum Gasteiger partial charge on any atom is 0.417 e. The van der Waals surface area contributed by atoms with Gasteiger partial charge < -0.3 is 16.0 Å². The SMILES string of the molecule is CC(=O)Nc1cc(CNCCCNc2ncc(C(F)(F)F)cc2Cl)cc(C)n1. The minimum absolute atomic E-state index is 0.0689. The smallest absolute Gasteiger partial charge is 0.369 e. The summed E-state index contributed by atoms with van der Waals surface area (Å²) in [5.41, 5.74) is 0.903. The summed E-state index contributed by atoms with van der Waals surface area (Å²) in [6, 6.07) is 4.57. The van der Waals surface area contributed by atoms with Gasteiger partial charge in [-0.2, -0.15) is 13.2 Å². The van der Waals surface area contributed by atoms with Crippen LogP contribution >= 0.6 is 11.6 Å². The molecule has 2 aromatic rings. The number of pyridine rings is 2. The minimum Gasteiger partial charge on any atom is -0.369 e. The highest BCUT2D eigenvalue weighted by Crippen LogP contribution is 2.32. The molecule has 1 amide bonds. The fraction of sp³-hybridized carbons (Fsp3) is 0.389. The van der Waals surface area contributed by atoms with Crippen molar-refractivity contribution in [1.82, 2.24) is 15.3 Å². The summed E-state index contributed by atoms with van der Waals surface area (Å²) in [6.07, 6.45) is -3.00. The van der Waals surface area contributed by atoms with Crippen LogP contribution in [-0.2, 0) is 17.5 Å². The fourth-order valence-corrected chi connectivity index (χ4v) is 2.70. The van der Waals surface area contributed by atoms with Crippen molar-refractivity contribution in [2.24, 2.45) is 0 Å². The van der Waals surface area contributed by atoms with E-state index >= 15 is 0 Å². The molecule has 0 saturated carbocycles. The number of carbonyl (C=O) groups excluding carboxylic acids is 1. The zero-order valence-electron chi connectivity index (χ0n) is 15.5. The molecule has 0 aromatic carbocycles. The Kier molecular flexibility index (Phi) is 7.59. The molecule has 152 valence electrons. The predicted octanol–water partition coefficient (Wildman–Crippen LogP) is 4.01. The van der Waals surface area contributed by atoms with E-state index in [0.29, 0.717) is 31.9 Å². The van der Waals surface area contributed by atoms with Gasteiger partial charge in [0.25, 0.3) is 0 Å². The molecule has 2 aromatic heterocycles. The van der Waals surface area contributed by atoms with Gasteiger partial charge in [-0.1, -0.05) is 11.6 Å². The van der Waals surface area contributed by atoms with Crippen molar-refractivity contribution in [1.29, 1.82) is 0 Å². The zero-order valence-corrected chi connectivity index (χ0v) is 16.2. The first kappa shape index (κ1) is 21.9. The molecular formula is C18H21ClF3N5O. The molecule has 28 heavy (non-hydrogen) atoms. The number of aryl methyl sites for hydroxylation is 1. The highest BCUT2D eigenvalue weighted by Gasteiger charge is 2.31. The van der Waals surface area contributed by atoms with Crippen LogP contribution in [0.3, 0.4) is 0 Å². The Balaban J connectivity index is 1.75. The fourth-order valence-electron chi connectivity index (χ4n) is 2.46. The summed E-state index contributed by atoms with van der Waals surface area (Å²) >= 11 is 5.84. The highest BCUT2D eigenvalue weighted by molar-refractivity contribution is 6.32. The third-order valence-corrected chi connectivity index (χ3v) is 3.93. The van der Waals surface area contributed by atoms with Crippen molar-refractivity contribution in [3.8, 4) is 0 Å². The number of nitrogens with zero attached hydrogens (tertiary/aromatic N) is 2. The molecule has 2 heterocycles. The highest BCUT2D eigenvalue weighted by atomic mass is 35.5. The molecule has 0 aliphatic rings. The first-order valence-corrected chi connectivity index (χ1v) is 8.95. The van der Waals surface area contributed by atoms with E-state index < -0.39 is 11.7 Å². The predicted molar refractivity (Wildman–Crippen MR) is 102 cm³/mol. The van der Waals surface area contributed by atoms with E-state index in [2.05, 4.69) is 25.9 Å².